The van der Waals surface area contributed by atoms with E-state index in [0.29, 0.717) is 24.4 Å². The zero-order valence-corrected chi connectivity index (χ0v) is 11.2. The number of furan rings is 1. The van der Waals surface area contributed by atoms with Gasteiger partial charge in [0.2, 0.25) is 0 Å². The molecule has 0 saturated heterocycles. The van der Waals surface area contributed by atoms with Crippen LogP contribution in [0, 0.1) is 6.92 Å². The molecule has 0 aliphatic carbocycles. The van der Waals surface area contributed by atoms with Crippen molar-refractivity contribution in [3.8, 4) is 0 Å². The van der Waals surface area contributed by atoms with Crippen LogP contribution in [-0.4, -0.2) is 17.9 Å². The molecule has 1 heterocycles. The summed E-state index contributed by atoms with van der Waals surface area (Å²) in [5.74, 6) is 0.608. The van der Waals surface area contributed by atoms with Crippen molar-refractivity contribution >= 4 is 5.91 Å². The molecule has 1 aromatic heterocycles. The van der Waals surface area contributed by atoms with Crippen LogP contribution in [0.4, 0.5) is 0 Å². The normalized spacial score (nSPS) is 10.5. The zero-order chi connectivity index (χ0) is 13.8. The highest BCUT2D eigenvalue weighted by atomic mass is 16.3. The number of nitrogens with two attached hydrogens (primary N) is 1. The van der Waals surface area contributed by atoms with Crippen LogP contribution in [0.1, 0.15) is 27.2 Å². The van der Waals surface area contributed by atoms with E-state index in [-0.39, 0.29) is 5.91 Å². The number of carbonyl (C=O) groups is 1. The predicted octanol–water partition coefficient (Wildman–Crippen LogP) is 2.32. The average molecular weight is 258 g/mol. The summed E-state index contributed by atoms with van der Waals surface area (Å²) in [5, 5.41) is 0. The van der Waals surface area contributed by atoms with Crippen LogP contribution in [0.2, 0.25) is 0 Å². The van der Waals surface area contributed by atoms with Crippen LogP contribution in [-0.2, 0) is 13.1 Å². The summed E-state index contributed by atoms with van der Waals surface area (Å²) in [6, 6.07) is 9.64. The number of amides is 1. The maximum absolute atomic E-state index is 12.2. The lowest BCUT2D eigenvalue weighted by Gasteiger charge is -2.17. The Balaban J connectivity index is 2.10. The number of hydrogen-bond acceptors (Lipinski definition) is 3. The van der Waals surface area contributed by atoms with E-state index < -0.39 is 0 Å². The van der Waals surface area contributed by atoms with Gasteiger partial charge >= 0.3 is 0 Å². The largest absolute Gasteiger partial charge is 0.469 e. The van der Waals surface area contributed by atoms with Crippen LogP contribution in [0.5, 0.6) is 0 Å². The fourth-order valence-electron chi connectivity index (χ4n) is 2.01. The van der Waals surface area contributed by atoms with Crippen LogP contribution in [0.25, 0.3) is 0 Å². The van der Waals surface area contributed by atoms with Crippen molar-refractivity contribution in [2.45, 2.75) is 20.0 Å². The Morgan fingerprint density at radius 3 is 2.68 bits per heavy atom. The van der Waals surface area contributed by atoms with Gasteiger partial charge < -0.3 is 15.1 Å². The van der Waals surface area contributed by atoms with Gasteiger partial charge in [0.1, 0.15) is 5.76 Å². The van der Waals surface area contributed by atoms with Crippen LogP contribution in [0.15, 0.2) is 41.0 Å². The van der Waals surface area contributed by atoms with E-state index in [1.807, 2.05) is 24.3 Å². The lowest BCUT2D eigenvalue weighted by atomic mass is 10.1. The molecular weight excluding hydrogens is 240 g/mol. The molecule has 0 unspecified atom stereocenters. The summed E-state index contributed by atoms with van der Waals surface area (Å²) in [4.78, 5) is 13.9. The Labute approximate surface area is 112 Å². The van der Waals surface area contributed by atoms with Gasteiger partial charge in [0.05, 0.1) is 11.8 Å². The topological polar surface area (TPSA) is 59.5 Å². The number of rotatable bonds is 4. The molecule has 1 aromatic carbocycles. The first kappa shape index (κ1) is 13.4. The van der Waals surface area contributed by atoms with Gasteiger partial charge in [0.25, 0.3) is 5.91 Å². The minimum absolute atomic E-state index is 0.0376. The fraction of sp³-hybridized carbons (Fsp3) is 0.267. The molecule has 0 atom stereocenters. The maximum atomic E-state index is 12.2. The Morgan fingerprint density at radius 1 is 1.32 bits per heavy atom. The van der Waals surface area contributed by atoms with Gasteiger partial charge in [0.15, 0.2) is 0 Å². The molecular formula is C15H18N2O2. The van der Waals surface area contributed by atoms with E-state index >= 15 is 0 Å². The van der Waals surface area contributed by atoms with Crippen LogP contribution < -0.4 is 5.73 Å². The van der Waals surface area contributed by atoms with Crippen molar-refractivity contribution in [3.05, 3.63) is 59.0 Å². The summed E-state index contributed by atoms with van der Waals surface area (Å²) in [6.07, 6.45) is 1.53. The minimum atomic E-state index is -0.0376. The molecule has 100 valence electrons. The van der Waals surface area contributed by atoms with Crippen molar-refractivity contribution in [2.75, 3.05) is 7.05 Å². The van der Waals surface area contributed by atoms with Crippen molar-refractivity contribution in [1.82, 2.24) is 4.90 Å². The van der Waals surface area contributed by atoms with Crippen molar-refractivity contribution < 1.29 is 9.21 Å². The van der Waals surface area contributed by atoms with E-state index in [1.165, 1.54) is 6.26 Å². The van der Waals surface area contributed by atoms with Crippen LogP contribution in [0.3, 0.4) is 0 Å². The van der Waals surface area contributed by atoms with Crippen molar-refractivity contribution in [3.63, 3.8) is 0 Å². The fourth-order valence-corrected chi connectivity index (χ4v) is 2.01. The second kappa shape index (κ2) is 5.71. The number of aryl methyl sites for hydroxylation is 1. The molecule has 0 aliphatic heterocycles. The molecule has 2 rings (SSSR count). The third-order valence-electron chi connectivity index (χ3n) is 3.08. The van der Waals surface area contributed by atoms with Crippen molar-refractivity contribution in [1.29, 1.82) is 0 Å². The summed E-state index contributed by atoms with van der Waals surface area (Å²) < 4.78 is 5.16. The first-order chi connectivity index (χ1) is 9.11. The molecule has 4 nitrogen and oxygen atoms in total. The standard InChI is InChI=1S/C15H18N2O2/c1-11-14(6-7-19-11)15(18)17(2)10-13-5-3-4-12(8-13)9-16/h3-8H,9-10,16H2,1-2H3. The Morgan fingerprint density at radius 2 is 2.05 bits per heavy atom. The second-order valence-corrected chi connectivity index (χ2v) is 4.58. The lowest BCUT2D eigenvalue weighted by Crippen LogP contribution is -2.26. The smallest absolute Gasteiger partial charge is 0.257 e. The minimum Gasteiger partial charge on any atom is -0.469 e. The highest BCUT2D eigenvalue weighted by Gasteiger charge is 2.16. The summed E-state index contributed by atoms with van der Waals surface area (Å²) >= 11 is 0. The number of hydrogen-bond donors (Lipinski definition) is 1. The van der Waals surface area contributed by atoms with E-state index in [4.69, 9.17) is 10.2 Å². The Bertz CT molecular complexity index is 575. The molecule has 0 saturated carbocycles. The van der Waals surface area contributed by atoms with E-state index in [2.05, 4.69) is 0 Å². The van der Waals surface area contributed by atoms with Gasteiger partial charge in [-0.25, -0.2) is 0 Å². The van der Waals surface area contributed by atoms with Gasteiger partial charge in [0, 0.05) is 20.1 Å². The molecule has 2 aromatic rings. The average Bonchev–Trinajstić information content (AvgIpc) is 2.84. The van der Waals surface area contributed by atoms with Gasteiger partial charge in [-0.05, 0) is 24.1 Å². The molecule has 4 heteroatoms. The predicted molar refractivity (Wildman–Crippen MR) is 73.6 cm³/mol. The third-order valence-corrected chi connectivity index (χ3v) is 3.08. The molecule has 0 fully saturated rings. The number of benzene rings is 1. The van der Waals surface area contributed by atoms with Crippen molar-refractivity contribution in [2.24, 2.45) is 5.73 Å². The highest BCUT2D eigenvalue weighted by molar-refractivity contribution is 5.94. The summed E-state index contributed by atoms with van der Waals surface area (Å²) in [5.41, 5.74) is 8.36. The van der Waals surface area contributed by atoms with Gasteiger partial charge in [-0.2, -0.15) is 0 Å². The van der Waals surface area contributed by atoms with E-state index in [0.717, 1.165) is 11.1 Å². The van der Waals surface area contributed by atoms with E-state index in [1.54, 1.807) is 24.9 Å². The summed E-state index contributed by atoms with van der Waals surface area (Å²) in [6.45, 7) is 2.85. The first-order valence-corrected chi connectivity index (χ1v) is 6.19. The van der Waals surface area contributed by atoms with Gasteiger partial charge in [-0.1, -0.05) is 24.3 Å². The van der Waals surface area contributed by atoms with E-state index in [9.17, 15) is 4.79 Å². The molecule has 0 spiro atoms. The van der Waals surface area contributed by atoms with Gasteiger partial charge in [-0.15, -0.1) is 0 Å². The Kier molecular flexibility index (Phi) is 4.02. The molecule has 0 radical (unpaired) electrons. The third kappa shape index (κ3) is 3.03. The SMILES string of the molecule is Cc1occc1C(=O)N(C)Cc1cccc(CN)c1. The van der Waals surface area contributed by atoms with Crippen LogP contribution >= 0.6 is 0 Å². The molecule has 1 amide bonds. The molecule has 0 aliphatic rings. The maximum Gasteiger partial charge on any atom is 0.257 e. The lowest BCUT2D eigenvalue weighted by molar-refractivity contribution is 0.0783. The molecule has 2 N–H and O–H groups in total. The number of carbonyl (C=O) groups excluding carboxylic acids is 1. The monoisotopic (exact) mass is 258 g/mol. The second-order valence-electron chi connectivity index (χ2n) is 4.58. The molecule has 0 bridgehead atoms. The van der Waals surface area contributed by atoms with Gasteiger partial charge in [-0.3, -0.25) is 4.79 Å². The number of nitrogens with zero attached hydrogens (tertiary/aromatic N) is 1. The quantitative estimate of drug-likeness (QED) is 0.915. The molecule has 19 heavy (non-hydrogen) atoms. The zero-order valence-electron chi connectivity index (χ0n) is 11.2. The Hall–Kier alpha value is -2.07. The first-order valence-electron chi connectivity index (χ1n) is 6.19. The summed E-state index contributed by atoms with van der Waals surface area (Å²) in [7, 11) is 1.78. The highest BCUT2D eigenvalue weighted by Crippen LogP contribution is 2.14.